The molecule has 94 valence electrons. The third kappa shape index (κ3) is 5.65. The summed E-state index contributed by atoms with van der Waals surface area (Å²) in [5, 5.41) is 2.92. The SMILES string of the molecule is C\N=C(/C=C(C)/C(C)=C/N=C(\C)NC)C(N)=O. The van der Waals surface area contributed by atoms with Crippen LogP contribution < -0.4 is 11.1 Å². The lowest BCUT2D eigenvalue weighted by atomic mass is 10.1. The summed E-state index contributed by atoms with van der Waals surface area (Å²) in [4.78, 5) is 19.0. The fraction of sp³-hybridized carbons (Fsp3) is 0.417. The van der Waals surface area contributed by atoms with Gasteiger partial charge in [-0.25, -0.2) is 4.99 Å². The fourth-order valence-electron chi connectivity index (χ4n) is 0.925. The van der Waals surface area contributed by atoms with E-state index in [-0.39, 0.29) is 5.71 Å². The Balaban J connectivity index is 4.99. The summed E-state index contributed by atoms with van der Waals surface area (Å²) in [6.45, 7) is 5.65. The quantitative estimate of drug-likeness (QED) is 0.434. The minimum absolute atomic E-state index is 0.254. The van der Waals surface area contributed by atoms with E-state index < -0.39 is 5.91 Å². The van der Waals surface area contributed by atoms with Gasteiger partial charge >= 0.3 is 0 Å². The second kappa shape index (κ2) is 7.38. The average Bonchev–Trinajstić information content (AvgIpc) is 2.31. The number of carbonyl (C=O) groups is 1. The molecule has 0 saturated heterocycles. The van der Waals surface area contributed by atoms with E-state index in [0.717, 1.165) is 17.0 Å². The van der Waals surface area contributed by atoms with Crippen LogP contribution in [0.25, 0.3) is 0 Å². The summed E-state index contributed by atoms with van der Waals surface area (Å²) in [6.07, 6.45) is 3.38. The number of hydrogen-bond donors (Lipinski definition) is 2. The molecule has 0 aromatic heterocycles. The first-order valence-electron chi connectivity index (χ1n) is 5.26. The largest absolute Gasteiger partial charge is 0.377 e. The molecule has 3 N–H and O–H groups in total. The van der Waals surface area contributed by atoms with Gasteiger partial charge in [-0.15, -0.1) is 0 Å². The van der Waals surface area contributed by atoms with Crippen LogP contribution in [0.4, 0.5) is 0 Å². The molecule has 0 saturated carbocycles. The van der Waals surface area contributed by atoms with Crippen molar-refractivity contribution in [3.05, 3.63) is 23.4 Å². The van der Waals surface area contributed by atoms with Gasteiger partial charge in [-0.1, -0.05) is 0 Å². The van der Waals surface area contributed by atoms with Gasteiger partial charge in [0.25, 0.3) is 5.91 Å². The zero-order chi connectivity index (χ0) is 13.4. The van der Waals surface area contributed by atoms with E-state index in [1.54, 1.807) is 19.3 Å². The number of nitrogens with one attached hydrogen (secondary N) is 1. The first-order valence-corrected chi connectivity index (χ1v) is 5.26. The monoisotopic (exact) mass is 236 g/mol. The molecule has 0 aliphatic heterocycles. The Labute approximate surface area is 102 Å². The smallest absolute Gasteiger partial charge is 0.266 e. The molecule has 0 aliphatic carbocycles. The second-order valence-electron chi connectivity index (χ2n) is 3.58. The zero-order valence-corrected chi connectivity index (χ0v) is 11.0. The molecule has 0 heterocycles. The number of hydrogen-bond acceptors (Lipinski definition) is 3. The highest BCUT2D eigenvalue weighted by Gasteiger charge is 2.03. The van der Waals surface area contributed by atoms with Gasteiger partial charge in [-0.05, 0) is 38.0 Å². The maximum atomic E-state index is 11.0. The summed E-state index contributed by atoms with van der Waals surface area (Å²) in [7, 11) is 3.34. The van der Waals surface area contributed by atoms with Crippen molar-refractivity contribution in [2.75, 3.05) is 14.1 Å². The van der Waals surface area contributed by atoms with Crippen molar-refractivity contribution >= 4 is 17.5 Å². The predicted octanol–water partition coefficient (Wildman–Crippen LogP) is 1.03. The third-order valence-electron chi connectivity index (χ3n) is 2.28. The molecular formula is C12H20N4O. The number of amides is 1. The van der Waals surface area contributed by atoms with Gasteiger partial charge in [0.15, 0.2) is 0 Å². The number of primary amides is 1. The predicted molar refractivity (Wildman–Crippen MR) is 72.2 cm³/mol. The van der Waals surface area contributed by atoms with Crippen molar-refractivity contribution < 1.29 is 4.79 Å². The number of aliphatic imine (C=N–C) groups is 2. The van der Waals surface area contributed by atoms with Gasteiger partial charge in [0.05, 0.1) is 5.84 Å². The molecule has 1 amide bonds. The van der Waals surface area contributed by atoms with Gasteiger partial charge in [0.1, 0.15) is 5.71 Å². The maximum Gasteiger partial charge on any atom is 0.266 e. The van der Waals surface area contributed by atoms with E-state index in [1.165, 1.54) is 7.05 Å². The highest BCUT2D eigenvalue weighted by Crippen LogP contribution is 2.08. The number of nitrogens with zero attached hydrogens (tertiary/aromatic N) is 2. The molecule has 0 aromatic carbocycles. The van der Waals surface area contributed by atoms with Crippen molar-refractivity contribution in [1.82, 2.24) is 5.32 Å². The van der Waals surface area contributed by atoms with E-state index >= 15 is 0 Å². The molecule has 0 aliphatic rings. The van der Waals surface area contributed by atoms with Gasteiger partial charge in [-0.3, -0.25) is 9.79 Å². The van der Waals surface area contributed by atoms with Crippen LogP contribution in [0.5, 0.6) is 0 Å². The first-order chi connectivity index (χ1) is 7.92. The Hall–Kier alpha value is -1.91. The summed E-state index contributed by atoms with van der Waals surface area (Å²) >= 11 is 0. The highest BCUT2D eigenvalue weighted by atomic mass is 16.1. The molecule has 0 bridgehead atoms. The first kappa shape index (κ1) is 15.1. The van der Waals surface area contributed by atoms with Crippen LogP contribution in [-0.2, 0) is 4.79 Å². The maximum absolute atomic E-state index is 11.0. The van der Waals surface area contributed by atoms with Crippen LogP contribution in [0, 0.1) is 0 Å². The van der Waals surface area contributed by atoms with Crippen LogP contribution in [-0.4, -0.2) is 31.5 Å². The molecule has 17 heavy (non-hydrogen) atoms. The second-order valence-corrected chi connectivity index (χ2v) is 3.58. The molecule has 0 spiro atoms. The highest BCUT2D eigenvalue weighted by molar-refractivity contribution is 6.43. The Bertz CT molecular complexity index is 403. The summed E-state index contributed by atoms with van der Waals surface area (Å²) in [5.74, 6) is 0.283. The normalized spacial score (nSPS) is 14.9. The molecule has 5 heteroatoms. The lowest BCUT2D eigenvalue weighted by Gasteiger charge is -2.01. The lowest BCUT2D eigenvalue weighted by molar-refractivity contribution is -0.111. The minimum Gasteiger partial charge on any atom is -0.377 e. The summed E-state index contributed by atoms with van der Waals surface area (Å²) < 4.78 is 0. The lowest BCUT2D eigenvalue weighted by Crippen LogP contribution is -2.21. The van der Waals surface area contributed by atoms with Gasteiger partial charge < -0.3 is 11.1 Å². The van der Waals surface area contributed by atoms with Crippen molar-refractivity contribution in [3.63, 3.8) is 0 Å². The molecule has 0 atom stereocenters. The Morgan fingerprint density at radius 3 is 2.24 bits per heavy atom. The van der Waals surface area contributed by atoms with E-state index in [4.69, 9.17) is 5.73 Å². The summed E-state index contributed by atoms with van der Waals surface area (Å²) in [5.41, 5.74) is 7.27. The standard InChI is InChI=1S/C12H20N4O/c1-8(6-11(15-5)12(13)17)9(2)7-16-10(3)14-4/h6-7H,1-5H3,(H2,13,17)(H,14,16)/b8-6+,9-7+,15-11+. The van der Waals surface area contributed by atoms with Crippen LogP contribution in [0.15, 0.2) is 33.4 Å². The number of allylic oxidation sites excluding steroid dienone is 2. The molecule has 0 fully saturated rings. The average molecular weight is 236 g/mol. The van der Waals surface area contributed by atoms with Gasteiger partial charge in [0, 0.05) is 20.3 Å². The van der Waals surface area contributed by atoms with E-state index in [1.807, 2.05) is 20.8 Å². The number of carbonyl (C=O) groups excluding carboxylic acids is 1. The Kier molecular flexibility index (Phi) is 6.55. The molecule has 0 radical (unpaired) electrons. The van der Waals surface area contributed by atoms with E-state index in [9.17, 15) is 4.79 Å². The van der Waals surface area contributed by atoms with Crippen LogP contribution >= 0.6 is 0 Å². The molecule has 0 rings (SSSR count). The van der Waals surface area contributed by atoms with Gasteiger partial charge in [-0.2, -0.15) is 0 Å². The number of rotatable bonds is 4. The third-order valence-corrected chi connectivity index (χ3v) is 2.28. The number of amidine groups is 1. The van der Waals surface area contributed by atoms with Crippen LogP contribution in [0.3, 0.4) is 0 Å². The fourth-order valence-corrected chi connectivity index (χ4v) is 0.925. The number of nitrogens with two attached hydrogens (primary N) is 1. The topological polar surface area (TPSA) is 79.8 Å². The van der Waals surface area contributed by atoms with Crippen molar-refractivity contribution in [3.8, 4) is 0 Å². The van der Waals surface area contributed by atoms with Crippen LogP contribution in [0.2, 0.25) is 0 Å². The van der Waals surface area contributed by atoms with Crippen molar-refractivity contribution in [2.45, 2.75) is 20.8 Å². The molecule has 5 nitrogen and oxygen atoms in total. The molecule has 0 aromatic rings. The van der Waals surface area contributed by atoms with Crippen molar-refractivity contribution in [2.24, 2.45) is 15.7 Å². The summed E-state index contributed by atoms with van der Waals surface area (Å²) in [6, 6.07) is 0. The van der Waals surface area contributed by atoms with Crippen LogP contribution in [0.1, 0.15) is 20.8 Å². The Morgan fingerprint density at radius 1 is 1.24 bits per heavy atom. The van der Waals surface area contributed by atoms with E-state index in [2.05, 4.69) is 15.3 Å². The van der Waals surface area contributed by atoms with E-state index in [0.29, 0.717) is 0 Å². The van der Waals surface area contributed by atoms with Crippen molar-refractivity contribution in [1.29, 1.82) is 0 Å². The molecular weight excluding hydrogens is 216 g/mol. The molecule has 0 unspecified atom stereocenters. The zero-order valence-electron chi connectivity index (χ0n) is 11.0. The van der Waals surface area contributed by atoms with Gasteiger partial charge in [0.2, 0.25) is 0 Å². The minimum atomic E-state index is -0.533. The Morgan fingerprint density at radius 2 is 1.82 bits per heavy atom.